The van der Waals surface area contributed by atoms with Crippen molar-refractivity contribution < 1.29 is 4.79 Å². The van der Waals surface area contributed by atoms with Crippen molar-refractivity contribution in [2.24, 2.45) is 18.4 Å². The predicted molar refractivity (Wildman–Crippen MR) is 118 cm³/mol. The molecule has 0 spiro atoms. The van der Waals surface area contributed by atoms with E-state index in [4.69, 9.17) is 0 Å². The molecular formula is C20H24BrN5O2S. The van der Waals surface area contributed by atoms with Gasteiger partial charge >= 0.3 is 0 Å². The molecule has 1 aliphatic rings. The van der Waals surface area contributed by atoms with E-state index in [0.29, 0.717) is 27.3 Å². The van der Waals surface area contributed by atoms with Crippen LogP contribution in [0.2, 0.25) is 0 Å². The first kappa shape index (κ1) is 20.3. The highest BCUT2D eigenvalue weighted by atomic mass is 79.9. The quantitative estimate of drug-likeness (QED) is 0.608. The van der Waals surface area contributed by atoms with Crippen LogP contribution in [-0.4, -0.2) is 25.3 Å². The SMILES string of the molecule is Cc1nc2sc3c(c2c(=O)n1NC(=O)c1c(Br)cnn1C)CC[C@@H](C(C)(C)C)C3. The summed E-state index contributed by atoms with van der Waals surface area (Å²) in [5, 5.41) is 4.70. The molecule has 1 amide bonds. The van der Waals surface area contributed by atoms with Crippen LogP contribution < -0.4 is 11.0 Å². The summed E-state index contributed by atoms with van der Waals surface area (Å²) >= 11 is 4.95. The highest BCUT2D eigenvalue weighted by Crippen LogP contribution is 2.42. The summed E-state index contributed by atoms with van der Waals surface area (Å²) in [5.74, 6) is 0.633. The van der Waals surface area contributed by atoms with Crippen molar-refractivity contribution in [2.75, 3.05) is 5.43 Å². The fourth-order valence-corrected chi connectivity index (χ4v) is 5.88. The van der Waals surface area contributed by atoms with Gasteiger partial charge in [-0.15, -0.1) is 11.3 Å². The number of carbonyl (C=O) groups is 1. The number of halogens is 1. The van der Waals surface area contributed by atoms with E-state index < -0.39 is 5.91 Å². The molecule has 3 aromatic heterocycles. The number of aromatic nitrogens is 4. The van der Waals surface area contributed by atoms with E-state index in [2.05, 4.69) is 52.2 Å². The third-order valence-corrected chi connectivity index (χ3v) is 7.53. The molecule has 0 saturated carbocycles. The molecule has 3 aromatic rings. The fourth-order valence-electron chi connectivity index (χ4n) is 4.02. The molecule has 0 aromatic carbocycles. The first-order valence-corrected chi connectivity index (χ1v) is 11.2. The first-order chi connectivity index (χ1) is 13.6. The zero-order chi connectivity index (χ0) is 21.1. The number of carbonyl (C=O) groups excluding carboxylic acids is 1. The van der Waals surface area contributed by atoms with Gasteiger partial charge in [-0.05, 0) is 59.0 Å². The standard InChI is InChI=1S/C20H24BrN5O2S/c1-10-23-18-15(12-7-6-11(20(2,3)4)8-14(12)29-18)19(28)26(10)24-17(27)16-13(21)9-22-25(16)5/h9,11H,6-8H2,1-5H3,(H,24,27)/t11-/m1/s1. The Labute approximate surface area is 181 Å². The molecular weight excluding hydrogens is 454 g/mol. The average Bonchev–Trinajstić information content (AvgIpc) is 3.16. The average molecular weight is 478 g/mol. The van der Waals surface area contributed by atoms with Crippen molar-refractivity contribution in [3.63, 3.8) is 0 Å². The van der Waals surface area contributed by atoms with Gasteiger partial charge in [-0.3, -0.25) is 19.7 Å². The zero-order valence-electron chi connectivity index (χ0n) is 17.2. The minimum Gasteiger partial charge on any atom is -0.267 e. The van der Waals surface area contributed by atoms with Gasteiger partial charge in [0.05, 0.1) is 16.1 Å². The third-order valence-electron chi connectivity index (χ3n) is 5.80. The summed E-state index contributed by atoms with van der Waals surface area (Å²) in [5.41, 5.74) is 4.17. The number of rotatable bonds is 2. The molecule has 0 aliphatic heterocycles. The maximum absolute atomic E-state index is 13.3. The van der Waals surface area contributed by atoms with Crippen LogP contribution in [0, 0.1) is 18.3 Å². The van der Waals surface area contributed by atoms with E-state index in [1.165, 1.54) is 14.2 Å². The Balaban J connectivity index is 1.76. The van der Waals surface area contributed by atoms with Crippen molar-refractivity contribution in [3.8, 4) is 0 Å². The minimum absolute atomic E-state index is 0.217. The normalized spacial score (nSPS) is 16.8. The number of hydrogen-bond donors (Lipinski definition) is 1. The van der Waals surface area contributed by atoms with Gasteiger partial charge in [-0.25, -0.2) is 9.66 Å². The zero-order valence-corrected chi connectivity index (χ0v) is 19.6. The van der Waals surface area contributed by atoms with Gasteiger partial charge in [0.2, 0.25) is 0 Å². The van der Waals surface area contributed by atoms with Crippen LogP contribution in [0.5, 0.6) is 0 Å². The number of fused-ring (bicyclic) bond motifs is 3. The van der Waals surface area contributed by atoms with Crippen molar-refractivity contribution in [1.29, 1.82) is 0 Å². The van der Waals surface area contributed by atoms with E-state index in [1.54, 1.807) is 31.5 Å². The summed E-state index contributed by atoms with van der Waals surface area (Å²) in [6.07, 6.45) is 4.46. The van der Waals surface area contributed by atoms with E-state index in [0.717, 1.165) is 29.7 Å². The molecule has 0 fully saturated rings. The Kier molecular flexibility index (Phi) is 4.93. The highest BCUT2D eigenvalue weighted by molar-refractivity contribution is 9.10. The number of aryl methyl sites for hydroxylation is 3. The van der Waals surface area contributed by atoms with Crippen molar-refractivity contribution >= 4 is 43.4 Å². The summed E-state index contributed by atoms with van der Waals surface area (Å²) < 4.78 is 3.29. The Morgan fingerprint density at radius 2 is 2.10 bits per heavy atom. The van der Waals surface area contributed by atoms with Gasteiger partial charge in [-0.1, -0.05) is 20.8 Å². The molecule has 0 unspecified atom stereocenters. The molecule has 29 heavy (non-hydrogen) atoms. The van der Waals surface area contributed by atoms with Crippen LogP contribution in [0.15, 0.2) is 15.5 Å². The maximum atomic E-state index is 13.3. The molecule has 4 rings (SSSR count). The second-order valence-electron chi connectivity index (χ2n) is 8.69. The second-order valence-corrected chi connectivity index (χ2v) is 10.6. The Morgan fingerprint density at radius 3 is 2.72 bits per heavy atom. The summed E-state index contributed by atoms with van der Waals surface area (Å²) in [6, 6.07) is 0. The minimum atomic E-state index is -0.417. The molecule has 0 saturated heterocycles. The molecule has 1 N–H and O–H groups in total. The Bertz CT molecular complexity index is 1160. The van der Waals surface area contributed by atoms with E-state index in [1.807, 2.05) is 0 Å². The van der Waals surface area contributed by atoms with E-state index in [-0.39, 0.29) is 11.0 Å². The molecule has 1 aliphatic carbocycles. The van der Waals surface area contributed by atoms with Crippen LogP contribution >= 0.6 is 27.3 Å². The number of amides is 1. The van der Waals surface area contributed by atoms with Crippen molar-refractivity contribution in [2.45, 2.75) is 47.0 Å². The van der Waals surface area contributed by atoms with Gasteiger partial charge in [0, 0.05) is 11.9 Å². The maximum Gasteiger partial charge on any atom is 0.289 e. The largest absolute Gasteiger partial charge is 0.289 e. The fraction of sp³-hybridized carbons (Fsp3) is 0.500. The lowest BCUT2D eigenvalue weighted by Crippen LogP contribution is -2.36. The molecule has 0 radical (unpaired) electrons. The first-order valence-electron chi connectivity index (χ1n) is 9.60. The molecule has 9 heteroatoms. The molecule has 3 heterocycles. The summed E-state index contributed by atoms with van der Waals surface area (Å²) in [6.45, 7) is 8.56. The summed E-state index contributed by atoms with van der Waals surface area (Å²) in [7, 11) is 1.68. The van der Waals surface area contributed by atoms with Crippen molar-refractivity contribution in [1.82, 2.24) is 19.4 Å². The highest BCUT2D eigenvalue weighted by Gasteiger charge is 2.32. The van der Waals surface area contributed by atoms with Crippen molar-refractivity contribution in [3.05, 3.63) is 43.0 Å². The van der Waals surface area contributed by atoms with Crippen LogP contribution in [-0.2, 0) is 19.9 Å². The molecule has 154 valence electrons. The van der Waals surface area contributed by atoms with Crippen LogP contribution in [0.4, 0.5) is 0 Å². The lowest BCUT2D eigenvalue weighted by atomic mass is 9.72. The second kappa shape index (κ2) is 7.05. The monoisotopic (exact) mass is 477 g/mol. The van der Waals surface area contributed by atoms with Crippen LogP contribution in [0.1, 0.15) is 53.9 Å². The topological polar surface area (TPSA) is 81.8 Å². The number of nitrogens with one attached hydrogen (secondary N) is 1. The van der Waals surface area contributed by atoms with Gasteiger partial charge in [0.1, 0.15) is 16.3 Å². The Hall–Kier alpha value is -2.00. The third kappa shape index (κ3) is 3.44. The van der Waals surface area contributed by atoms with E-state index in [9.17, 15) is 9.59 Å². The Morgan fingerprint density at radius 1 is 1.38 bits per heavy atom. The lowest BCUT2D eigenvalue weighted by molar-refractivity contribution is 0.0996. The molecule has 1 atom stereocenters. The lowest BCUT2D eigenvalue weighted by Gasteiger charge is -2.33. The van der Waals surface area contributed by atoms with Crippen LogP contribution in [0.3, 0.4) is 0 Å². The smallest absolute Gasteiger partial charge is 0.267 e. The molecule has 0 bridgehead atoms. The van der Waals surface area contributed by atoms with Crippen LogP contribution in [0.25, 0.3) is 10.2 Å². The van der Waals surface area contributed by atoms with Gasteiger partial charge in [0.25, 0.3) is 11.5 Å². The van der Waals surface area contributed by atoms with Gasteiger partial charge < -0.3 is 0 Å². The van der Waals surface area contributed by atoms with Gasteiger partial charge in [0.15, 0.2) is 0 Å². The molecule has 7 nitrogen and oxygen atoms in total. The van der Waals surface area contributed by atoms with Gasteiger partial charge in [-0.2, -0.15) is 5.10 Å². The summed E-state index contributed by atoms with van der Waals surface area (Å²) in [4.78, 5) is 32.7. The van der Waals surface area contributed by atoms with E-state index >= 15 is 0 Å². The number of thiophene rings is 1. The number of hydrogen-bond acceptors (Lipinski definition) is 5. The number of nitrogens with zero attached hydrogens (tertiary/aromatic N) is 4. The predicted octanol–water partition coefficient (Wildman–Crippen LogP) is 3.80.